The van der Waals surface area contributed by atoms with E-state index in [9.17, 15) is 18.3 Å². The van der Waals surface area contributed by atoms with Crippen LogP contribution in [0, 0.1) is 0 Å². The number of phenols is 1. The lowest BCUT2D eigenvalue weighted by Crippen LogP contribution is -2.12. The summed E-state index contributed by atoms with van der Waals surface area (Å²) >= 11 is 0. The van der Waals surface area contributed by atoms with E-state index in [1.54, 1.807) is 6.92 Å². The van der Waals surface area contributed by atoms with Gasteiger partial charge in [-0.25, -0.2) is 8.42 Å². The van der Waals surface area contributed by atoms with Gasteiger partial charge in [0, 0.05) is 6.42 Å². The van der Waals surface area contributed by atoms with Crippen molar-refractivity contribution in [2.45, 2.75) is 38.0 Å². The van der Waals surface area contributed by atoms with Crippen LogP contribution in [-0.2, 0) is 14.6 Å². The summed E-state index contributed by atoms with van der Waals surface area (Å²) in [5.74, 6) is -0.399. The zero-order valence-corrected chi connectivity index (χ0v) is 12.0. The van der Waals surface area contributed by atoms with E-state index in [2.05, 4.69) is 5.32 Å². The summed E-state index contributed by atoms with van der Waals surface area (Å²) in [4.78, 5) is 11.7. The molecule has 1 rings (SSSR count). The molecule has 0 saturated heterocycles. The number of nitrogens with one attached hydrogen (secondary N) is 1. The number of aromatic hydroxyl groups is 1. The van der Waals surface area contributed by atoms with Crippen molar-refractivity contribution in [1.82, 2.24) is 0 Å². The Bertz CT molecular complexity index is 552. The highest BCUT2D eigenvalue weighted by Crippen LogP contribution is 2.27. The summed E-state index contributed by atoms with van der Waals surface area (Å²) in [5.41, 5.74) is 0.135. The maximum atomic E-state index is 11.7. The molecule has 0 spiro atoms. The molecule has 0 aliphatic rings. The van der Waals surface area contributed by atoms with Gasteiger partial charge in [-0.05, 0) is 24.6 Å². The van der Waals surface area contributed by atoms with Gasteiger partial charge in [0.25, 0.3) is 0 Å². The van der Waals surface area contributed by atoms with Gasteiger partial charge in [-0.2, -0.15) is 0 Å². The Labute approximate surface area is 113 Å². The fourth-order valence-corrected chi connectivity index (χ4v) is 2.43. The van der Waals surface area contributed by atoms with Gasteiger partial charge in [-0.1, -0.05) is 20.3 Å². The molecule has 6 heteroatoms. The van der Waals surface area contributed by atoms with Crippen molar-refractivity contribution < 1.29 is 18.3 Å². The lowest BCUT2D eigenvalue weighted by Gasteiger charge is -2.09. The number of anilines is 1. The molecular formula is C13H19NO4S. The van der Waals surface area contributed by atoms with Crippen LogP contribution in [-0.4, -0.2) is 25.2 Å². The maximum absolute atomic E-state index is 11.7. The van der Waals surface area contributed by atoms with Crippen molar-refractivity contribution in [3.05, 3.63) is 18.2 Å². The number of unbranched alkanes of at least 4 members (excludes halogenated alkanes) is 1. The fraction of sp³-hybridized carbons (Fsp3) is 0.462. The van der Waals surface area contributed by atoms with E-state index < -0.39 is 9.84 Å². The number of rotatable bonds is 6. The lowest BCUT2D eigenvalue weighted by atomic mass is 10.2. The molecule has 106 valence electrons. The second-order valence-corrected chi connectivity index (χ2v) is 6.51. The Morgan fingerprint density at radius 1 is 1.32 bits per heavy atom. The number of hydrogen-bond donors (Lipinski definition) is 2. The molecule has 1 aromatic rings. The fourth-order valence-electron chi connectivity index (χ4n) is 1.53. The average molecular weight is 285 g/mol. The molecule has 0 heterocycles. The van der Waals surface area contributed by atoms with Gasteiger partial charge in [0.1, 0.15) is 5.75 Å². The molecule has 0 atom stereocenters. The summed E-state index contributed by atoms with van der Waals surface area (Å²) in [5, 5.41) is 12.2. The number of carbonyl (C=O) groups is 1. The Hall–Kier alpha value is -1.56. The van der Waals surface area contributed by atoms with Gasteiger partial charge in [-0.15, -0.1) is 0 Å². The first-order valence-electron chi connectivity index (χ1n) is 6.26. The highest BCUT2D eigenvalue weighted by Gasteiger charge is 2.15. The molecule has 0 saturated carbocycles. The Balaban J connectivity index is 2.95. The second-order valence-electron chi connectivity index (χ2n) is 4.23. The first kappa shape index (κ1) is 15.5. The topological polar surface area (TPSA) is 83.5 Å². The molecule has 0 bridgehead atoms. The van der Waals surface area contributed by atoms with Crippen LogP contribution in [0.3, 0.4) is 0 Å². The number of benzene rings is 1. The second kappa shape index (κ2) is 6.56. The van der Waals surface area contributed by atoms with Crippen LogP contribution in [0.5, 0.6) is 5.75 Å². The predicted molar refractivity (Wildman–Crippen MR) is 74.0 cm³/mol. The molecule has 1 aromatic carbocycles. The van der Waals surface area contributed by atoms with Gasteiger partial charge < -0.3 is 10.4 Å². The molecule has 1 amide bonds. The average Bonchev–Trinajstić information content (AvgIpc) is 2.38. The van der Waals surface area contributed by atoms with Crippen molar-refractivity contribution >= 4 is 21.4 Å². The molecule has 0 aliphatic carbocycles. The minimum Gasteiger partial charge on any atom is -0.506 e. The Kier molecular flexibility index (Phi) is 5.35. The van der Waals surface area contributed by atoms with Crippen LogP contribution in [0.2, 0.25) is 0 Å². The normalized spacial score (nSPS) is 11.3. The SMILES string of the molecule is CCCCC(=O)Nc1cc(S(=O)(=O)CC)ccc1O. The predicted octanol–water partition coefficient (Wildman–Crippen LogP) is 2.31. The van der Waals surface area contributed by atoms with Crippen LogP contribution in [0.1, 0.15) is 33.1 Å². The maximum Gasteiger partial charge on any atom is 0.224 e. The van der Waals surface area contributed by atoms with E-state index in [1.165, 1.54) is 18.2 Å². The zero-order valence-electron chi connectivity index (χ0n) is 11.1. The van der Waals surface area contributed by atoms with Crippen LogP contribution in [0.4, 0.5) is 5.69 Å². The van der Waals surface area contributed by atoms with Crippen molar-refractivity contribution in [3.63, 3.8) is 0 Å². The third-order valence-electron chi connectivity index (χ3n) is 2.74. The van der Waals surface area contributed by atoms with Crippen molar-refractivity contribution in [2.75, 3.05) is 11.1 Å². The molecule has 0 aromatic heterocycles. The highest BCUT2D eigenvalue weighted by molar-refractivity contribution is 7.91. The van der Waals surface area contributed by atoms with E-state index in [0.29, 0.717) is 6.42 Å². The van der Waals surface area contributed by atoms with Crippen LogP contribution < -0.4 is 5.32 Å². The molecule has 0 aliphatic heterocycles. The van der Waals surface area contributed by atoms with Gasteiger partial charge in [0.2, 0.25) is 5.91 Å². The Morgan fingerprint density at radius 2 is 2.00 bits per heavy atom. The minimum absolute atomic E-state index is 0.0268. The van der Waals surface area contributed by atoms with E-state index in [4.69, 9.17) is 0 Å². The standard InChI is InChI=1S/C13H19NO4S/c1-3-5-6-13(16)14-11-9-10(7-8-12(11)15)19(17,18)4-2/h7-9,15H,3-6H2,1-2H3,(H,14,16). The summed E-state index contributed by atoms with van der Waals surface area (Å²) < 4.78 is 23.5. The molecule has 19 heavy (non-hydrogen) atoms. The van der Waals surface area contributed by atoms with Crippen molar-refractivity contribution in [2.24, 2.45) is 0 Å². The molecule has 2 N–H and O–H groups in total. The summed E-state index contributed by atoms with van der Waals surface area (Å²) in [6.07, 6.45) is 1.99. The molecule has 0 fully saturated rings. The van der Waals surface area contributed by atoms with Crippen molar-refractivity contribution in [1.29, 1.82) is 0 Å². The molecule has 5 nitrogen and oxygen atoms in total. The van der Waals surface area contributed by atoms with Gasteiger partial charge in [-0.3, -0.25) is 4.79 Å². The van der Waals surface area contributed by atoms with Gasteiger partial charge in [0.15, 0.2) is 9.84 Å². The van der Waals surface area contributed by atoms with Gasteiger partial charge >= 0.3 is 0 Å². The minimum atomic E-state index is -3.35. The summed E-state index contributed by atoms with van der Waals surface area (Å²) in [7, 11) is -3.35. The summed E-state index contributed by atoms with van der Waals surface area (Å²) in [6, 6.07) is 3.89. The number of sulfone groups is 1. The number of hydrogen-bond acceptors (Lipinski definition) is 4. The third-order valence-corrected chi connectivity index (χ3v) is 4.47. The van der Waals surface area contributed by atoms with E-state index in [1.807, 2.05) is 6.92 Å². The van der Waals surface area contributed by atoms with Gasteiger partial charge in [0.05, 0.1) is 16.3 Å². The monoisotopic (exact) mass is 285 g/mol. The number of amides is 1. The third kappa shape index (κ3) is 4.24. The molecular weight excluding hydrogens is 266 g/mol. The first-order valence-corrected chi connectivity index (χ1v) is 7.91. The Morgan fingerprint density at radius 3 is 2.58 bits per heavy atom. The zero-order chi connectivity index (χ0) is 14.5. The van der Waals surface area contributed by atoms with E-state index in [-0.39, 0.29) is 28.0 Å². The van der Waals surface area contributed by atoms with Crippen LogP contribution >= 0.6 is 0 Å². The largest absolute Gasteiger partial charge is 0.506 e. The number of phenolic OH excluding ortho intramolecular Hbond substituents is 1. The lowest BCUT2D eigenvalue weighted by molar-refractivity contribution is -0.116. The van der Waals surface area contributed by atoms with Crippen LogP contribution in [0.15, 0.2) is 23.1 Å². The van der Waals surface area contributed by atoms with E-state index in [0.717, 1.165) is 12.8 Å². The van der Waals surface area contributed by atoms with Crippen LogP contribution in [0.25, 0.3) is 0 Å². The number of carbonyl (C=O) groups excluding carboxylic acids is 1. The quantitative estimate of drug-likeness (QED) is 0.786. The first-order chi connectivity index (χ1) is 8.90. The highest BCUT2D eigenvalue weighted by atomic mass is 32.2. The summed E-state index contributed by atoms with van der Waals surface area (Å²) in [6.45, 7) is 3.51. The van der Waals surface area contributed by atoms with Crippen molar-refractivity contribution in [3.8, 4) is 5.75 Å². The van der Waals surface area contributed by atoms with E-state index >= 15 is 0 Å². The molecule has 0 unspecified atom stereocenters. The smallest absolute Gasteiger partial charge is 0.224 e. The molecule has 0 radical (unpaired) electrons.